The van der Waals surface area contributed by atoms with E-state index in [1.165, 1.54) is 22.2 Å². The molecule has 3 aromatic rings. The molecule has 1 amide bonds. The van der Waals surface area contributed by atoms with Crippen molar-refractivity contribution in [1.29, 1.82) is 0 Å². The lowest BCUT2D eigenvalue weighted by Gasteiger charge is -2.20. The summed E-state index contributed by atoms with van der Waals surface area (Å²) in [5, 5.41) is 15.9. The van der Waals surface area contributed by atoms with Crippen molar-refractivity contribution in [2.75, 3.05) is 6.54 Å². The molecular formula is C17H19N5O3S. The van der Waals surface area contributed by atoms with Gasteiger partial charge in [0.15, 0.2) is 0 Å². The summed E-state index contributed by atoms with van der Waals surface area (Å²) in [5.74, 6) is -0.127. The van der Waals surface area contributed by atoms with E-state index < -0.39 is 6.10 Å². The SMILES string of the molecule is CC(O)c1cc2n(n1)CCCN(C(=O)Cn1cnc3ccsc3c1=O)C2. The predicted octanol–water partition coefficient (Wildman–Crippen LogP) is 1.14. The van der Waals surface area contributed by atoms with Gasteiger partial charge in [-0.2, -0.15) is 5.10 Å². The first-order valence-electron chi connectivity index (χ1n) is 8.48. The van der Waals surface area contributed by atoms with Crippen molar-refractivity contribution >= 4 is 27.5 Å². The molecule has 1 aliphatic rings. The maximum absolute atomic E-state index is 12.8. The molecule has 0 radical (unpaired) electrons. The van der Waals surface area contributed by atoms with Crippen molar-refractivity contribution in [3.63, 3.8) is 0 Å². The molecule has 1 N–H and O–H groups in total. The lowest BCUT2D eigenvalue weighted by molar-refractivity contribution is -0.132. The number of aromatic nitrogens is 4. The number of hydrogen-bond donors (Lipinski definition) is 1. The number of amides is 1. The zero-order valence-corrected chi connectivity index (χ0v) is 15.1. The lowest BCUT2D eigenvalue weighted by Crippen LogP contribution is -2.36. The molecule has 4 rings (SSSR count). The van der Waals surface area contributed by atoms with Crippen LogP contribution in [0.1, 0.15) is 30.8 Å². The number of aliphatic hydroxyl groups is 1. The summed E-state index contributed by atoms with van der Waals surface area (Å²) in [7, 11) is 0. The summed E-state index contributed by atoms with van der Waals surface area (Å²) < 4.78 is 3.78. The molecule has 9 heteroatoms. The highest BCUT2D eigenvalue weighted by Crippen LogP contribution is 2.18. The fourth-order valence-electron chi connectivity index (χ4n) is 3.14. The van der Waals surface area contributed by atoms with Gasteiger partial charge in [0.1, 0.15) is 11.2 Å². The van der Waals surface area contributed by atoms with Crippen LogP contribution in [-0.4, -0.2) is 41.8 Å². The Labute approximate surface area is 153 Å². The van der Waals surface area contributed by atoms with E-state index in [1.54, 1.807) is 17.9 Å². The van der Waals surface area contributed by atoms with Crippen molar-refractivity contribution in [1.82, 2.24) is 24.2 Å². The molecule has 1 unspecified atom stereocenters. The molecule has 0 bridgehead atoms. The van der Waals surface area contributed by atoms with Crippen LogP contribution < -0.4 is 5.56 Å². The van der Waals surface area contributed by atoms with Crippen LogP contribution in [0.3, 0.4) is 0 Å². The van der Waals surface area contributed by atoms with Gasteiger partial charge < -0.3 is 10.0 Å². The second-order valence-corrected chi connectivity index (χ2v) is 7.36. The Hall–Kier alpha value is -2.52. The fourth-order valence-corrected chi connectivity index (χ4v) is 3.93. The zero-order valence-electron chi connectivity index (χ0n) is 14.3. The first-order valence-corrected chi connectivity index (χ1v) is 9.36. The molecule has 0 spiro atoms. The summed E-state index contributed by atoms with van der Waals surface area (Å²) in [4.78, 5) is 31.2. The van der Waals surface area contributed by atoms with Gasteiger partial charge in [-0.3, -0.25) is 18.8 Å². The van der Waals surface area contributed by atoms with E-state index in [2.05, 4.69) is 10.1 Å². The highest BCUT2D eigenvalue weighted by molar-refractivity contribution is 7.17. The molecule has 0 aliphatic carbocycles. The van der Waals surface area contributed by atoms with Gasteiger partial charge in [0, 0.05) is 13.1 Å². The van der Waals surface area contributed by atoms with Crippen LogP contribution in [0.25, 0.3) is 10.2 Å². The van der Waals surface area contributed by atoms with E-state index in [0.29, 0.717) is 35.5 Å². The maximum atomic E-state index is 12.8. The second-order valence-electron chi connectivity index (χ2n) is 6.44. The Morgan fingerprint density at radius 3 is 3.08 bits per heavy atom. The normalized spacial score (nSPS) is 15.7. The third-order valence-electron chi connectivity index (χ3n) is 4.56. The Morgan fingerprint density at radius 1 is 1.42 bits per heavy atom. The minimum absolute atomic E-state index is 0.0307. The molecular weight excluding hydrogens is 354 g/mol. The van der Waals surface area contributed by atoms with Crippen LogP contribution in [0.4, 0.5) is 0 Å². The number of nitrogens with zero attached hydrogens (tertiary/aromatic N) is 5. The Bertz CT molecular complexity index is 1020. The summed E-state index contributed by atoms with van der Waals surface area (Å²) in [5.41, 5.74) is 1.98. The van der Waals surface area contributed by atoms with E-state index in [-0.39, 0.29) is 18.0 Å². The minimum Gasteiger partial charge on any atom is -0.387 e. The third-order valence-corrected chi connectivity index (χ3v) is 5.45. The van der Waals surface area contributed by atoms with E-state index in [9.17, 15) is 14.7 Å². The Balaban J connectivity index is 1.55. The fraction of sp³-hybridized carbons (Fsp3) is 0.412. The molecule has 1 aliphatic heterocycles. The molecule has 136 valence electrons. The molecule has 26 heavy (non-hydrogen) atoms. The molecule has 1 atom stereocenters. The number of aliphatic hydroxyl groups excluding tert-OH is 1. The monoisotopic (exact) mass is 373 g/mol. The van der Waals surface area contributed by atoms with E-state index >= 15 is 0 Å². The smallest absolute Gasteiger partial charge is 0.271 e. The number of rotatable bonds is 3. The quantitative estimate of drug-likeness (QED) is 0.743. The summed E-state index contributed by atoms with van der Waals surface area (Å²) in [6, 6.07) is 3.63. The molecule has 4 heterocycles. The van der Waals surface area contributed by atoms with Crippen molar-refractivity contribution in [2.45, 2.75) is 39.1 Å². The highest BCUT2D eigenvalue weighted by Gasteiger charge is 2.22. The topological polar surface area (TPSA) is 93.2 Å². The number of hydrogen-bond acceptors (Lipinski definition) is 6. The van der Waals surface area contributed by atoms with Crippen LogP contribution in [-0.2, 0) is 24.4 Å². The van der Waals surface area contributed by atoms with Gasteiger partial charge in [-0.05, 0) is 30.9 Å². The average molecular weight is 373 g/mol. The van der Waals surface area contributed by atoms with Gasteiger partial charge >= 0.3 is 0 Å². The van der Waals surface area contributed by atoms with Crippen LogP contribution in [0.15, 0.2) is 28.6 Å². The van der Waals surface area contributed by atoms with Crippen molar-refractivity contribution in [2.24, 2.45) is 0 Å². The summed E-state index contributed by atoms with van der Waals surface area (Å²) in [6.45, 7) is 3.37. The molecule has 0 fully saturated rings. The molecule has 3 aromatic heterocycles. The summed E-state index contributed by atoms with van der Waals surface area (Å²) in [6.07, 6.45) is 1.57. The van der Waals surface area contributed by atoms with Crippen molar-refractivity contribution in [3.05, 3.63) is 45.6 Å². The van der Waals surface area contributed by atoms with Crippen molar-refractivity contribution in [3.8, 4) is 0 Å². The lowest BCUT2D eigenvalue weighted by atomic mass is 10.2. The average Bonchev–Trinajstić information content (AvgIpc) is 3.20. The zero-order chi connectivity index (χ0) is 18.3. The first-order chi connectivity index (χ1) is 12.5. The van der Waals surface area contributed by atoms with Crippen LogP contribution in [0.5, 0.6) is 0 Å². The summed E-state index contributed by atoms with van der Waals surface area (Å²) >= 11 is 1.33. The molecule has 8 nitrogen and oxygen atoms in total. The first kappa shape index (κ1) is 16.9. The van der Waals surface area contributed by atoms with Gasteiger partial charge in [-0.25, -0.2) is 4.98 Å². The van der Waals surface area contributed by atoms with Crippen LogP contribution in [0.2, 0.25) is 0 Å². The number of aryl methyl sites for hydroxylation is 1. The number of fused-ring (bicyclic) bond motifs is 2. The third kappa shape index (κ3) is 3.04. The number of carbonyl (C=O) groups is 1. The second kappa shape index (κ2) is 6.65. The van der Waals surface area contributed by atoms with Gasteiger partial charge in [0.2, 0.25) is 5.91 Å². The standard InChI is InChI=1S/C17H19N5O3S/c1-11(23)14-7-12-8-20(4-2-5-22(12)19-14)15(24)9-21-10-18-13-3-6-26-16(13)17(21)25/h3,6-7,10-11,23H,2,4-5,8-9H2,1H3. The maximum Gasteiger partial charge on any atom is 0.271 e. The van der Waals surface area contributed by atoms with Crippen molar-refractivity contribution < 1.29 is 9.90 Å². The molecule has 0 aromatic carbocycles. The van der Waals surface area contributed by atoms with Gasteiger partial charge in [-0.1, -0.05) is 0 Å². The van der Waals surface area contributed by atoms with Gasteiger partial charge in [0.05, 0.1) is 35.9 Å². The number of carbonyl (C=O) groups excluding carboxylic acids is 1. The molecule has 0 saturated heterocycles. The predicted molar refractivity (Wildman–Crippen MR) is 96.8 cm³/mol. The van der Waals surface area contributed by atoms with Crippen LogP contribution >= 0.6 is 11.3 Å². The Kier molecular flexibility index (Phi) is 4.33. The largest absolute Gasteiger partial charge is 0.387 e. The van der Waals surface area contributed by atoms with E-state index in [0.717, 1.165) is 12.1 Å². The van der Waals surface area contributed by atoms with Crippen LogP contribution in [0, 0.1) is 0 Å². The Morgan fingerprint density at radius 2 is 2.27 bits per heavy atom. The van der Waals surface area contributed by atoms with Gasteiger partial charge in [-0.15, -0.1) is 11.3 Å². The van der Waals surface area contributed by atoms with Gasteiger partial charge in [0.25, 0.3) is 5.56 Å². The number of thiophene rings is 1. The molecule has 0 saturated carbocycles. The highest BCUT2D eigenvalue weighted by atomic mass is 32.1. The van der Waals surface area contributed by atoms with E-state index in [4.69, 9.17) is 0 Å². The van der Waals surface area contributed by atoms with E-state index in [1.807, 2.05) is 16.1 Å². The minimum atomic E-state index is -0.638.